The smallest absolute Gasteiger partial charge is 0.508 e. The van der Waals surface area contributed by atoms with E-state index >= 15 is 0 Å². The molecule has 1 saturated carbocycles. The lowest BCUT2D eigenvalue weighted by molar-refractivity contribution is -0.274. The van der Waals surface area contributed by atoms with Crippen LogP contribution in [0.25, 0.3) is 0 Å². The largest absolute Gasteiger partial charge is 0.573 e. The highest BCUT2D eigenvalue weighted by Gasteiger charge is 2.77. The van der Waals surface area contributed by atoms with E-state index in [-0.39, 0.29) is 23.2 Å². The first-order valence-corrected chi connectivity index (χ1v) is 15.2. The molecule has 8 nitrogen and oxygen atoms in total. The molecule has 4 aliphatic rings. The van der Waals surface area contributed by atoms with Crippen molar-refractivity contribution in [3.05, 3.63) is 95.8 Å². The fourth-order valence-corrected chi connectivity index (χ4v) is 8.46. The van der Waals surface area contributed by atoms with Gasteiger partial charge >= 0.3 is 6.36 Å². The standard InChI is InChI=1S/C33H22Cl2F4N2O6/c34-31-15-23-20(11-12-21-25(23)28(44)40(27(21)43)17-4-2-1-3-5-17)26(22-14-19(10-13-24(22)42)47-33(37,38)39)32(31,35)30(46)41(29(31)45)18-8-6-16(36)7-9-18/h1-11,13-14,21,23,25-26,42H,12,15H2. The van der Waals surface area contributed by atoms with Crippen LogP contribution in [-0.2, 0) is 19.2 Å². The summed E-state index contributed by atoms with van der Waals surface area (Å²) in [4.78, 5) is 53.3. The number of aromatic hydroxyl groups is 1. The highest BCUT2D eigenvalue weighted by atomic mass is 35.5. The molecule has 6 atom stereocenters. The summed E-state index contributed by atoms with van der Waals surface area (Å²) in [7, 11) is 0. The van der Waals surface area contributed by atoms with Crippen molar-refractivity contribution in [1.29, 1.82) is 0 Å². The van der Waals surface area contributed by atoms with Gasteiger partial charge < -0.3 is 9.84 Å². The summed E-state index contributed by atoms with van der Waals surface area (Å²) in [5, 5.41) is 11.1. The number of para-hydroxylation sites is 1. The van der Waals surface area contributed by atoms with Crippen LogP contribution in [0.3, 0.4) is 0 Å². The van der Waals surface area contributed by atoms with Gasteiger partial charge in [0.25, 0.3) is 11.8 Å². The quantitative estimate of drug-likeness (QED) is 0.152. The Morgan fingerprint density at radius 3 is 2.15 bits per heavy atom. The Kier molecular flexibility index (Phi) is 7.00. The normalized spacial score (nSPS) is 30.2. The first kappa shape index (κ1) is 31.2. The molecule has 3 aromatic rings. The number of allylic oxidation sites excluding steroid dienone is 2. The summed E-state index contributed by atoms with van der Waals surface area (Å²) in [6, 6.07) is 15.1. The van der Waals surface area contributed by atoms with E-state index in [1.54, 1.807) is 36.4 Å². The van der Waals surface area contributed by atoms with Crippen molar-refractivity contribution in [2.75, 3.05) is 9.80 Å². The van der Waals surface area contributed by atoms with Crippen molar-refractivity contribution in [1.82, 2.24) is 0 Å². The van der Waals surface area contributed by atoms with Crippen molar-refractivity contribution in [3.8, 4) is 11.5 Å². The molecule has 2 aliphatic carbocycles. The molecule has 2 saturated heterocycles. The van der Waals surface area contributed by atoms with E-state index in [9.17, 15) is 41.8 Å². The van der Waals surface area contributed by atoms with Gasteiger partial charge in [-0.15, -0.1) is 36.4 Å². The highest BCUT2D eigenvalue weighted by Crippen LogP contribution is 2.66. The van der Waals surface area contributed by atoms with Crippen LogP contribution in [0.15, 0.2) is 84.4 Å². The fraction of sp³-hybridized carbons (Fsp3) is 0.273. The fourth-order valence-electron chi connectivity index (χ4n) is 7.54. The third kappa shape index (κ3) is 4.48. The molecular formula is C33H22Cl2F4N2O6. The number of rotatable bonds is 4. The number of ether oxygens (including phenoxy) is 1. The summed E-state index contributed by atoms with van der Waals surface area (Å²) in [5.41, 5.74) is 0.169. The number of carbonyl (C=O) groups excluding carboxylic acids is 4. The van der Waals surface area contributed by atoms with Gasteiger partial charge in [-0.25, -0.2) is 9.29 Å². The van der Waals surface area contributed by atoms with Crippen LogP contribution in [0.5, 0.6) is 11.5 Å². The van der Waals surface area contributed by atoms with Gasteiger partial charge in [0.1, 0.15) is 17.3 Å². The number of phenols is 1. The Morgan fingerprint density at radius 2 is 1.49 bits per heavy atom. The molecule has 0 radical (unpaired) electrons. The lowest BCUT2D eigenvalue weighted by atomic mass is 9.56. The molecule has 2 aliphatic heterocycles. The van der Waals surface area contributed by atoms with Gasteiger partial charge in [-0.05, 0) is 73.4 Å². The molecular weight excluding hydrogens is 667 g/mol. The molecule has 4 amide bonds. The minimum Gasteiger partial charge on any atom is -0.508 e. The van der Waals surface area contributed by atoms with Crippen molar-refractivity contribution in [2.24, 2.45) is 17.8 Å². The van der Waals surface area contributed by atoms with Gasteiger partial charge in [-0.3, -0.25) is 24.1 Å². The Hall–Kier alpha value is -4.42. The second kappa shape index (κ2) is 10.5. The maximum absolute atomic E-state index is 14.4. The number of hydrogen-bond acceptors (Lipinski definition) is 6. The van der Waals surface area contributed by atoms with Crippen molar-refractivity contribution in [3.63, 3.8) is 0 Å². The van der Waals surface area contributed by atoms with Gasteiger partial charge in [-0.2, -0.15) is 0 Å². The molecule has 0 bridgehead atoms. The number of hydrogen-bond donors (Lipinski definition) is 1. The topological polar surface area (TPSA) is 104 Å². The summed E-state index contributed by atoms with van der Waals surface area (Å²) in [6.45, 7) is 0. The molecule has 3 fully saturated rings. The average Bonchev–Trinajstić information content (AvgIpc) is 3.36. The summed E-state index contributed by atoms with van der Waals surface area (Å²) >= 11 is 14.4. The molecule has 6 unspecified atom stereocenters. The average molecular weight is 689 g/mol. The number of benzene rings is 3. The van der Waals surface area contributed by atoms with Crippen LogP contribution >= 0.6 is 23.2 Å². The first-order valence-electron chi connectivity index (χ1n) is 14.4. The molecule has 7 rings (SSSR count). The van der Waals surface area contributed by atoms with E-state index in [4.69, 9.17) is 23.2 Å². The summed E-state index contributed by atoms with van der Waals surface area (Å²) < 4.78 is 57.7. The number of carbonyl (C=O) groups is 4. The molecule has 0 spiro atoms. The zero-order valence-corrected chi connectivity index (χ0v) is 25.4. The molecule has 0 aromatic heterocycles. The Labute approximate surface area is 274 Å². The molecule has 3 aromatic carbocycles. The van der Waals surface area contributed by atoms with Gasteiger partial charge in [0.15, 0.2) is 9.75 Å². The first-order chi connectivity index (χ1) is 22.2. The number of nitrogens with zero attached hydrogens (tertiary/aromatic N) is 2. The number of phenolic OH excluding ortho intramolecular Hbond substituents is 1. The lowest BCUT2D eigenvalue weighted by Gasteiger charge is -2.50. The lowest BCUT2D eigenvalue weighted by Crippen LogP contribution is -2.60. The van der Waals surface area contributed by atoms with E-state index in [0.717, 1.165) is 47.4 Å². The molecule has 1 N–H and O–H groups in total. The SMILES string of the molecule is O=C1C2CC=C3C(CC4(Cl)C(=O)N(c5ccc(F)cc5)C(=O)C4(Cl)C3c3cc(OC(F)(F)F)ccc3O)C2C(=O)N1c1ccccc1. The number of anilines is 2. The van der Waals surface area contributed by atoms with Crippen LogP contribution in [0.4, 0.5) is 28.9 Å². The minimum absolute atomic E-state index is 0.00746. The van der Waals surface area contributed by atoms with Crippen LogP contribution < -0.4 is 14.5 Å². The van der Waals surface area contributed by atoms with E-state index in [0.29, 0.717) is 10.6 Å². The zero-order valence-electron chi connectivity index (χ0n) is 23.9. The Morgan fingerprint density at radius 1 is 0.830 bits per heavy atom. The Balaban J connectivity index is 1.42. The number of halogens is 6. The van der Waals surface area contributed by atoms with E-state index in [1.165, 1.54) is 0 Å². The number of alkyl halides is 5. The summed E-state index contributed by atoms with van der Waals surface area (Å²) in [5.74, 6) is -9.72. The molecule has 47 heavy (non-hydrogen) atoms. The third-order valence-corrected chi connectivity index (χ3v) is 10.9. The van der Waals surface area contributed by atoms with Crippen LogP contribution in [0.2, 0.25) is 0 Å². The predicted octanol–water partition coefficient (Wildman–Crippen LogP) is 6.20. The van der Waals surface area contributed by atoms with Gasteiger partial charge in [0.2, 0.25) is 11.8 Å². The minimum atomic E-state index is -5.12. The van der Waals surface area contributed by atoms with Crippen molar-refractivity contribution >= 4 is 58.2 Å². The molecule has 14 heteroatoms. The van der Waals surface area contributed by atoms with Crippen molar-refractivity contribution < 1.29 is 46.6 Å². The highest BCUT2D eigenvalue weighted by molar-refractivity contribution is 6.58. The van der Waals surface area contributed by atoms with Crippen LogP contribution in [0, 0.1) is 23.6 Å². The number of imide groups is 2. The maximum atomic E-state index is 14.4. The van der Waals surface area contributed by atoms with Crippen LogP contribution in [0.1, 0.15) is 24.3 Å². The maximum Gasteiger partial charge on any atom is 0.573 e. The zero-order chi connectivity index (χ0) is 33.6. The van der Waals surface area contributed by atoms with Gasteiger partial charge in [0, 0.05) is 11.5 Å². The van der Waals surface area contributed by atoms with Gasteiger partial charge in [0.05, 0.1) is 23.2 Å². The van der Waals surface area contributed by atoms with Crippen LogP contribution in [-0.4, -0.2) is 44.8 Å². The monoisotopic (exact) mass is 688 g/mol. The van der Waals surface area contributed by atoms with E-state index in [2.05, 4.69) is 4.74 Å². The number of amides is 4. The third-order valence-electron chi connectivity index (χ3n) is 9.45. The predicted molar refractivity (Wildman–Crippen MR) is 160 cm³/mol. The Bertz CT molecular complexity index is 1890. The van der Waals surface area contributed by atoms with E-state index in [1.807, 2.05) is 0 Å². The second-order valence-corrected chi connectivity index (χ2v) is 13.1. The van der Waals surface area contributed by atoms with Crippen molar-refractivity contribution in [2.45, 2.75) is 34.9 Å². The van der Waals surface area contributed by atoms with E-state index < -0.39 is 87.1 Å². The second-order valence-electron chi connectivity index (χ2n) is 11.9. The summed E-state index contributed by atoms with van der Waals surface area (Å²) in [6.07, 6.45) is -3.96. The molecule has 2 heterocycles. The van der Waals surface area contributed by atoms with Gasteiger partial charge in [-0.1, -0.05) is 29.8 Å². The molecule has 242 valence electrons. The number of fused-ring (bicyclic) bond motifs is 4.